The van der Waals surface area contributed by atoms with Crippen LogP contribution < -0.4 is 5.32 Å². The van der Waals surface area contributed by atoms with Crippen molar-refractivity contribution in [3.05, 3.63) is 89.5 Å². The second-order valence-electron chi connectivity index (χ2n) is 8.27. The van der Waals surface area contributed by atoms with Gasteiger partial charge in [-0.3, -0.25) is 9.59 Å². The van der Waals surface area contributed by atoms with Gasteiger partial charge in [-0.15, -0.1) is 0 Å². The largest absolute Gasteiger partial charge is 0.341 e. The summed E-state index contributed by atoms with van der Waals surface area (Å²) in [7, 11) is 0. The fraction of sp³-hybridized carbons (Fsp3) is 0.185. The molecule has 0 saturated carbocycles. The van der Waals surface area contributed by atoms with E-state index in [9.17, 15) is 9.59 Å². The summed E-state index contributed by atoms with van der Waals surface area (Å²) < 4.78 is 2.27. The van der Waals surface area contributed by atoms with E-state index >= 15 is 0 Å². The zero-order chi connectivity index (χ0) is 22.9. The van der Waals surface area contributed by atoms with Gasteiger partial charge in [0.05, 0.1) is 0 Å². The van der Waals surface area contributed by atoms with Crippen molar-refractivity contribution in [1.82, 2.24) is 9.47 Å². The fourth-order valence-electron chi connectivity index (χ4n) is 4.72. The Balaban J connectivity index is 1.45. The van der Waals surface area contributed by atoms with E-state index in [0.29, 0.717) is 24.2 Å². The summed E-state index contributed by atoms with van der Waals surface area (Å²) in [5.74, 6) is -0.392. The van der Waals surface area contributed by atoms with E-state index in [-0.39, 0.29) is 11.8 Å². The monoisotopic (exact) mass is 457 g/mol. The predicted octanol–water partition coefficient (Wildman–Crippen LogP) is 5.79. The maximum absolute atomic E-state index is 13.3. The Labute approximate surface area is 197 Å². The van der Waals surface area contributed by atoms with Crippen LogP contribution in [0.15, 0.2) is 83.9 Å². The first-order chi connectivity index (χ1) is 16.1. The number of fused-ring (bicyclic) bond motifs is 3. The number of carbonyl (C=O) groups is 2. The number of benzene rings is 3. The van der Waals surface area contributed by atoms with Crippen molar-refractivity contribution in [2.45, 2.75) is 25.9 Å². The molecule has 0 spiro atoms. The van der Waals surface area contributed by atoms with Gasteiger partial charge in [0.15, 0.2) is 0 Å². The second kappa shape index (κ2) is 8.75. The van der Waals surface area contributed by atoms with Crippen LogP contribution in [0.2, 0.25) is 0 Å². The van der Waals surface area contributed by atoms with Gasteiger partial charge in [-0.1, -0.05) is 48.0 Å². The molecule has 0 aliphatic carbocycles. The van der Waals surface area contributed by atoms with Gasteiger partial charge in [0.1, 0.15) is 6.04 Å². The van der Waals surface area contributed by atoms with Gasteiger partial charge in [-0.05, 0) is 48.9 Å². The predicted molar refractivity (Wildman–Crippen MR) is 134 cm³/mol. The summed E-state index contributed by atoms with van der Waals surface area (Å²) in [4.78, 5) is 28.0. The molecule has 4 aromatic rings. The van der Waals surface area contributed by atoms with Crippen molar-refractivity contribution in [3.8, 4) is 0 Å². The van der Waals surface area contributed by atoms with Crippen molar-refractivity contribution in [2.75, 3.05) is 11.9 Å². The number of anilines is 1. The number of carbonyl (C=O) groups excluding carboxylic acids is 2. The molecule has 2 heterocycles. The van der Waals surface area contributed by atoms with Crippen molar-refractivity contribution in [2.24, 2.45) is 0 Å². The third-order valence-corrected chi connectivity index (χ3v) is 6.61. The third kappa shape index (κ3) is 3.79. The fourth-order valence-corrected chi connectivity index (χ4v) is 4.88. The van der Waals surface area contributed by atoms with Crippen LogP contribution in [0.1, 0.15) is 23.7 Å². The molecule has 2 amide bonds. The molecule has 1 aromatic heterocycles. The number of aromatic nitrogens is 1. The van der Waals surface area contributed by atoms with E-state index < -0.39 is 6.04 Å². The smallest absolute Gasteiger partial charge is 0.254 e. The van der Waals surface area contributed by atoms with E-state index in [1.165, 1.54) is 11.1 Å². The van der Waals surface area contributed by atoms with Gasteiger partial charge in [-0.2, -0.15) is 0 Å². The maximum Gasteiger partial charge on any atom is 0.254 e. The number of rotatable bonds is 4. The Morgan fingerprint density at radius 3 is 2.48 bits per heavy atom. The van der Waals surface area contributed by atoms with Crippen LogP contribution in [0.5, 0.6) is 0 Å². The molecule has 1 N–H and O–H groups in total. The van der Waals surface area contributed by atoms with Crippen molar-refractivity contribution in [1.29, 1.82) is 0 Å². The highest BCUT2D eigenvalue weighted by atomic mass is 35.5. The zero-order valence-corrected chi connectivity index (χ0v) is 19.0. The molecule has 5 rings (SSSR count). The molecular formula is C27H24ClN3O2. The number of likely N-dealkylation sites (tertiary alicyclic amines) is 1. The summed E-state index contributed by atoms with van der Waals surface area (Å²) in [6, 6.07) is 22.7. The molecule has 1 fully saturated rings. The van der Waals surface area contributed by atoms with E-state index in [1.54, 1.807) is 17.0 Å². The highest BCUT2D eigenvalue weighted by Gasteiger charge is 2.37. The number of aryl methyl sites for hydroxylation is 1. The minimum absolute atomic E-state index is 0.175. The first-order valence-corrected chi connectivity index (χ1v) is 11.5. The lowest BCUT2D eigenvalue weighted by Crippen LogP contribution is -2.43. The first kappa shape index (κ1) is 21.3. The molecule has 0 radical (unpaired) electrons. The Hall–Kier alpha value is -3.57. The molecule has 0 bridgehead atoms. The lowest BCUT2D eigenvalue weighted by molar-refractivity contribution is -0.119. The quantitative estimate of drug-likeness (QED) is 0.421. The molecule has 1 saturated heterocycles. The first-order valence-electron chi connectivity index (χ1n) is 11.1. The molecule has 5 nitrogen and oxygen atoms in total. The third-order valence-electron chi connectivity index (χ3n) is 6.30. The molecular weight excluding hydrogens is 434 g/mol. The van der Waals surface area contributed by atoms with Crippen LogP contribution >= 0.6 is 11.6 Å². The molecule has 166 valence electrons. The van der Waals surface area contributed by atoms with E-state index in [4.69, 9.17) is 11.6 Å². The summed E-state index contributed by atoms with van der Waals surface area (Å²) in [6.45, 7) is 3.34. The van der Waals surface area contributed by atoms with E-state index in [2.05, 4.69) is 28.9 Å². The molecule has 33 heavy (non-hydrogen) atoms. The van der Waals surface area contributed by atoms with E-state index in [1.807, 2.05) is 48.5 Å². The van der Waals surface area contributed by atoms with Gasteiger partial charge in [0.25, 0.3) is 5.91 Å². The van der Waals surface area contributed by atoms with Gasteiger partial charge >= 0.3 is 0 Å². The van der Waals surface area contributed by atoms with Gasteiger partial charge in [0.2, 0.25) is 5.91 Å². The van der Waals surface area contributed by atoms with Crippen molar-refractivity contribution in [3.63, 3.8) is 0 Å². The number of hydrogen-bond acceptors (Lipinski definition) is 2. The van der Waals surface area contributed by atoms with Crippen LogP contribution in [-0.2, 0) is 11.3 Å². The van der Waals surface area contributed by atoms with Gasteiger partial charge in [0, 0.05) is 58.1 Å². The van der Waals surface area contributed by atoms with Gasteiger partial charge < -0.3 is 14.8 Å². The molecule has 6 heteroatoms. The second-order valence-corrected chi connectivity index (χ2v) is 8.49. The average molecular weight is 458 g/mol. The summed E-state index contributed by atoms with van der Waals surface area (Å²) in [5.41, 5.74) is 5.91. The maximum atomic E-state index is 13.3. The Kier molecular flexibility index (Phi) is 5.65. The molecule has 1 atom stereocenters. The highest BCUT2D eigenvalue weighted by Crippen LogP contribution is 2.32. The standard InChI is InChI=1S/C27H24ClN3O2/c1-2-30-23-11-7-6-10-21(23)22-15-20(12-13-24(22)30)29-26(32)25-14-18(16-28)17-31(25)27(33)19-8-4-3-5-9-19/h3-13,15-16,25H,2,14,17H2,1H3,(H,29,32)/t25-/m0/s1. The Morgan fingerprint density at radius 2 is 1.73 bits per heavy atom. The number of halogens is 1. The lowest BCUT2D eigenvalue weighted by atomic mass is 10.1. The Morgan fingerprint density at radius 1 is 1.00 bits per heavy atom. The van der Waals surface area contributed by atoms with Crippen LogP contribution in [0, 0.1) is 0 Å². The number of hydrogen-bond donors (Lipinski definition) is 1. The number of nitrogens with zero attached hydrogens (tertiary/aromatic N) is 2. The minimum Gasteiger partial charge on any atom is -0.341 e. The van der Waals surface area contributed by atoms with Crippen LogP contribution in [0.3, 0.4) is 0 Å². The summed E-state index contributed by atoms with van der Waals surface area (Å²) in [6.07, 6.45) is 0.422. The molecule has 1 aliphatic heterocycles. The average Bonchev–Trinajstić information content (AvgIpc) is 3.43. The normalized spacial score (nSPS) is 17.2. The van der Waals surface area contributed by atoms with Gasteiger partial charge in [-0.25, -0.2) is 0 Å². The molecule has 3 aromatic carbocycles. The van der Waals surface area contributed by atoms with Crippen LogP contribution in [0.25, 0.3) is 21.8 Å². The highest BCUT2D eigenvalue weighted by molar-refractivity contribution is 6.25. The van der Waals surface area contributed by atoms with E-state index in [0.717, 1.165) is 28.4 Å². The summed E-state index contributed by atoms with van der Waals surface area (Å²) in [5, 5.41) is 5.28. The molecule has 1 aliphatic rings. The topological polar surface area (TPSA) is 54.3 Å². The number of para-hydroxylation sites is 1. The molecule has 0 unspecified atom stereocenters. The lowest BCUT2D eigenvalue weighted by Gasteiger charge is -2.23. The van der Waals surface area contributed by atoms with Crippen molar-refractivity contribution < 1.29 is 9.59 Å². The van der Waals surface area contributed by atoms with Crippen molar-refractivity contribution >= 4 is 50.9 Å². The number of nitrogens with one attached hydrogen (secondary N) is 1. The van der Waals surface area contributed by atoms with Crippen LogP contribution in [0.4, 0.5) is 5.69 Å². The minimum atomic E-state index is -0.615. The number of amides is 2. The SMILES string of the molecule is CCn1c2ccccc2c2cc(NC(=O)[C@@H]3CC(=CCl)CN3C(=O)c3ccccc3)ccc21. The summed E-state index contributed by atoms with van der Waals surface area (Å²) >= 11 is 5.96. The zero-order valence-electron chi connectivity index (χ0n) is 18.3. The van der Waals surface area contributed by atoms with Crippen LogP contribution in [-0.4, -0.2) is 33.9 Å². The Bertz CT molecular complexity index is 1390.